The molecule has 1 aromatic rings. The smallest absolute Gasteiger partial charge is 0.379 e. The Kier molecular flexibility index (Phi) is 4.17. The number of carbonyl (C=O) groups is 2. The Labute approximate surface area is 93.2 Å². The average molecular weight is 224 g/mol. The van der Waals surface area contributed by atoms with Gasteiger partial charge in [0.2, 0.25) is 0 Å². The Morgan fingerprint density at radius 3 is 2.56 bits per heavy atom. The Balaban J connectivity index is 3.06. The van der Waals surface area contributed by atoms with Crippen molar-refractivity contribution in [2.75, 3.05) is 6.61 Å². The van der Waals surface area contributed by atoms with Crippen LogP contribution in [0.4, 0.5) is 4.39 Å². The molecule has 0 radical (unpaired) electrons. The van der Waals surface area contributed by atoms with Crippen molar-refractivity contribution in [1.82, 2.24) is 0 Å². The van der Waals surface area contributed by atoms with Crippen molar-refractivity contribution < 1.29 is 18.7 Å². The van der Waals surface area contributed by atoms with Gasteiger partial charge in [-0.2, -0.15) is 0 Å². The van der Waals surface area contributed by atoms with Crippen LogP contribution in [0.15, 0.2) is 18.2 Å². The van der Waals surface area contributed by atoms with Gasteiger partial charge in [-0.25, -0.2) is 9.18 Å². The molecule has 0 aromatic heterocycles. The maximum absolute atomic E-state index is 13.0. The summed E-state index contributed by atoms with van der Waals surface area (Å²) in [7, 11) is 0. The molecule has 86 valence electrons. The largest absolute Gasteiger partial charge is 0.460 e. The number of hydrogen-bond donors (Lipinski definition) is 0. The fourth-order valence-corrected chi connectivity index (χ4v) is 1.37. The molecule has 0 aliphatic heterocycles. The third kappa shape index (κ3) is 2.66. The highest BCUT2D eigenvalue weighted by Gasteiger charge is 2.20. The topological polar surface area (TPSA) is 43.4 Å². The Morgan fingerprint density at radius 2 is 2.00 bits per heavy atom. The van der Waals surface area contributed by atoms with Crippen LogP contribution in [-0.2, 0) is 16.0 Å². The molecule has 0 aliphatic rings. The molecule has 0 saturated heterocycles. The molecule has 0 aliphatic carbocycles. The van der Waals surface area contributed by atoms with Gasteiger partial charge in [-0.1, -0.05) is 13.0 Å². The molecule has 0 N–H and O–H groups in total. The molecule has 0 bridgehead atoms. The zero-order chi connectivity index (χ0) is 12.1. The minimum atomic E-state index is -0.942. The number of carbonyl (C=O) groups excluding carboxylic acids is 2. The van der Waals surface area contributed by atoms with Crippen LogP contribution in [0.25, 0.3) is 0 Å². The number of aryl methyl sites for hydroxylation is 1. The predicted octanol–water partition coefficient (Wildman–Crippen LogP) is 2.13. The monoisotopic (exact) mass is 224 g/mol. The first-order valence-electron chi connectivity index (χ1n) is 5.10. The highest BCUT2D eigenvalue weighted by Crippen LogP contribution is 2.13. The van der Waals surface area contributed by atoms with E-state index in [9.17, 15) is 14.0 Å². The summed E-state index contributed by atoms with van der Waals surface area (Å²) in [4.78, 5) is 22.9. The van der Waals surface area contributed by atoms with Gasteiger partial charge in [0.15, 0.2) is 0 Å². The highest BCUT2D eigenvalue weighted by molar-refractivity contribution is 6.41. The maximum Gasteiger partial charge on any atom is 0.379 e. The zero-order valence-electron chi connectivity index (χ0n) is 9.25. The molecule has 16 heavy (non-hydrogen) atoms. The second kappa shape index (κ2) is 5.39. The van der Waals surface area contributed by atoms with Crippen LogP contribution in [0.1, 0.15) is 29.8 Å². The molecular weight excluding hydrogens is 211 g/mol. The molecule has 1 rings (SSSR count). The first kappa shape index (κ1) is 12.4. The summed E-state index contributed by atoms with van der Waals surface area (Å²) in [6.07, 6.45) is 0.556. The second-order valence-corrected chi connectivity index (χ2v) is 3.20. The minimum absolute atomic E-state index is 0.0842. The fraction of sp³-hybridized carbons (Fsp3) is 0.333. The summed E-state index contributed by atoms with van der Waals surface area (Å²) in [6.45, 7) is 3.56. The number of ketones is 1. The van der Waals surface area contributed by atoms with Crippen molar-refractivity contribution in [3.63, 3.8) is 0 Å². The number of rotatable bonds is 4. The van der Waals surface area contributed by atoms with Gasteiger partial charge in [-0.15, -0.1) is 0 Å². The van der Waals surface area contributed by atoms with Gasteiger partial charge in [-0.3, -0.25) is 4.79 Å². The third-order valence-corrected chi connectivity index (χ3v) is 2.16. The van der Waals surface area contributed by atoms with Crippen molar-refractivity contribution in [3.05, 3.63) is 35.1 Å². The average Bonchev–Trinajstić information content (AvgIpc) is 2.28. The van der Waals surface area contributed by atoms with Crippen LogP contribution in [0.5, 0.6) is 0 Å². The van der Waals surface area contributed by atoms with Crippen molar-refractivity contribution in [2.45, 2.75) is 20.3 Å². The normalized spacial score (nSPS) is 9.94. The van der Waals surface area contributed by atoms with E-state index < -0.39 is 17.6 Å². The molecular formula is C12H13FO3. The van der Waals surface area contributed by atoms with Gasteiger partial charge in [-0.05, 0) is 31.0 Å². The van der Waals surface area contributed by atoms with Crippen molar-refractivity contribution in [2.24, 2.45) is 0 Å². The lowest BCUT2D eigenvalue weighted by Gasteiger charge is -2.06. The number of halogens is 1. The summed E-state index contributed by atoms with van der Waals surface area (Å²) in [5.74, 6) is -2.27. The fourth-order valence-electron chi connectivity index (χ4n) is 1.37. The predicted molar refractivity (Wildman–Crippen MR) is 56.7 cm³/mol. The van der Waals surface area contributed by atoms with E-state index in [2.05, 4.69) is 4.74 Å². The van der Waals surface area contributed by atoms with E-state index in [1.165, 1.54) is 12.1 Å². The van der Waals surface area contributed by atoms with Crippen LogP contribution in [0.3, 0.4) is 0 Å². The van der Waals surface area contributed by atoms with Gasteiger partial charge >= 0.3 is 5.97 Å². The SMILES string of the molecule is CCOC(=O)C(=O)c1cc(F)ccc1CC. The number of ether oxygens (including phenoxy) is 1. The molecule has 0 amide bonds. The number of benzene rings is 1. The number of Topliss-reactive ketones (excluding diaryl/α,β-unsaturated/α-hetero) is 1. The van der Waals surface area contributed by atoms with Gasteiger partial charge in [0, 0.05) is 5.56 Å². The maximum atomic E-state index is 13.0. The van der Waals surface area contributed by atoms with Crippen LogP contribution < -0.4 is 0 Å². The standard InChI is InChI=1S/C12H13FO3/c1-3-8-5-6-9(13)7-10(8)11(14)12(15)16-4-2/h5-7H,3-4H2,1-2H3. The molecule has 0 spiro atoms. The van der Waals surface area contributed by atoms with E-state index in [-0.39, 0.29) is 12.2 Å². The van der Waals surface area contributed by atoms with Crippen molar-refractivity contribution in [3.8, 4) is 0 Å². The molecule has 0 atom stereocenters. The summed E-state index contributed by atoms with van der Waals surface area (Å²) >= 11 is 0. The molecule has 4 heteroatoms. The van der Waals surface area contributed by atoms with Gasteiger partial charge in [0.05, 0.1) is 6.61 Å². The first-order chi connectivity index (χ1) is 7.60. The number of hydrogen-bond acceptors (Lipinski definition) is 3. The van der Waals surface area contributed by atoms with Gasteiger partial charge < -0.3 is 4.74 Å². The van der Waals surface area contributed by atoms with E-state index in [1.54, 1.807) is 6.92 Å². The summed E-state index contributed by atoms with van der Waals surface area (Å²) < 4.78 is 17.6. The lowest BCUT2D eigenvalue weighted by Crippen LogP contribution is -2.19. The Morgan fingerprint density at radius 1 is 1.31 bits per heavy atom. The van der Waals surface area contributed by atoms with Gasteiger partial charge in [0.1, 0.15) is 5.82 Å². The van der Waals surface area contributed by atoms with Crippen LogP contribution >= 0.6 is 0 Å². The van der Waals surface area contributed by atoms with E-state index in [0.717, 1.165) is 6.07 Å². The van der Waals surface area contributed by atoms with Crippen molar-refractivity contribution in [1.29, 1.82) is 0 Å². The molecule has 0 heterocycles. The van der Waals surface area contributed by atoms with E-state index in [1.807, 2.05) is 6.92 Å². The molecule has 3 nitrogen and oxygen atoms in total. The summed E-state index contributed by atoms with van der Waals surface area (Å²) in [6, 6.07) is 3.83. The third-order valence-electron chi connectivity index (χ3n) is 2.16. The lowest BCUT2D eigenvalue weighted by atomic mass is 10.0. The Hall–Kier alpha value is -1.71. The van der Waals surface area contributed by atoms with Crippen molar-refractivity contribution >= 4 is 11.8 Å². The van der Waals surface area contributed by atoms with Crippen LogP contribution in [0, 0.1) is 5.82 Å². The molecule has 0 fully saturated rings. The van der Waals surface area contributed by atoms with E-state index in [0.29, 0.717) is 12.0 Å². The van der Waals surface area contributed by atoms with Crippen LogP contribution in [0.2, 0.25) is 0 Å². The minimum Gasteiger partial charge on any atom is -0.460 e. The van der Waals surface area contributed by atoms with E-state index in [4.69, 9.17) is 0 Å². The quantitative estimate of drug-likeness (QED) is 0.447. The molecule has 1 aromatic carbocycles. The summed E-state index contributed by atoms with van der Waals surface area (Å²) in [5.41, 5.74) is 0.723. The first-order valence-corrected chi connectivity index (χ1v) is 5.10. The second-order valence-electron chi connectivity index (χ2n) is 3.20. The molecule has 0 saturated carbocycles. The molecule has 0 unspecified atom stereocenters. The number of esters is 1. The van der Waals surface area contributed by atoms with Gasteiger partial charge in [0.25, 0.3) is 5.78 Å². The van der Waals surface area contributed by atoms with E-state index >= 15 is 0 Å². The highest BCUT2D eigenvalue weighted by atomic mass is 19.1. The Bertz CT molecular complexity index is 413. The lowest BCUT2D eigenvalue weighted by molar-refractivity contribution is -0.137. The summed E-state index contributed by atoms with van der Waals surface area (Å²) in [5, 5.41) is 0. The van der Waals surface area contributed by atoms with Crippen LogP contribution in [-0.4, -0.2) is 18.4 Å². The zero-order valence-corrected chi connectivity index (χ0v) is 9.25.